The van der Waals surface area contributed by atoms with Crippen LogP contribution in [-0.4, -0.2) is 16.9 Å². The van der Waals surface area contributed by atoms with Gasteiger partial charge in [0.05, 0.1) is 5.41 Å². The number of aliphatic carboxylic acids is 1. The van der Waals surface area contributed by atoms with Gasteiger partial charge in [0.2, 0.25) is 0 Å². The highest BCUT2D eigenvalue weighted by molar-refractivity contribution is 5.81. The second-order valence-electron chi connectivity index (χ2n) is 9.77. The highest BCUT2D eigenvalue weighted by Gasteiger charge is 2.49. The molecule has 0 amide bonds. The monoisotopic (exact) mass is 400 g/mol. The maximum atomic E-state index is 11.6. The van der Waals surface area contributed by atoms with Crippen molar-refractivity contribution < 1.29 is 14.7 Å². The Morgan fingerprint density at radius 2 is 1.41 bits per heavy atom. The molecule has 1 saturated carbocycles. The van der Waals surface area contributed by atoms with E-state index in [0.717, 1.165) is 64.2 Å². The van der Waals surface area contributed by atoms with E-state index in [1.807, 2.05) is 0 Å². The van der Waals surface area contributed by atoms with Crippen LogP contribution >= 0.6 is 0 Å². The van der Waals surface area contributed by atoms with E-state index in [1.54, 1.807) is 6.92 Å². The van der Waals surface area contributed by atoms with Gasteiger partial charge >= 0.3 is 5.97 Å². The molecule has 1 aliphatic rings. The van der Waals surface area contributed by atoms with E-state index in [2.05, 4.69) is 38.1 Å². The van der Waals surface area contributed by atoms with E-state index in [9.17, 15) is 14.7 Å². The Morgan fingerprint density at radius 3 is 1.90 bits per heavy atom. The van der Waals surface area contributed by atoms with Crippen molar-refractivity contribution in [2.75, 3.05) is 0 Å². The number of carbonyl (C=O) groups is 2. The van der Waals surface area contributed by atoms with Crippen LogP contribution in [-0.2, 0) is 22.4 Å². The van der Waals surface area contributed by atoms with Gasteiger partial charge in [-0.2, -0.15) is 0 Å². The van der Waals surface area contributed by atoms with Gasteiger partial charge in [-0.25, -0.2) is 0 Å². The molecule has 0 radical (unpaired) electrons. The molecule has 3 heteroatoms. The lowest BCUT2D eigenvalue weighted by atomic mass is 9.83. The number of aryl methyl sites for hydroxylation is 2. The van der Waals surface area contributed by atoms with E-state index < -0.39 is 5.97 Å². The minimum Gasteiger partial charge on any atom is -0.481 e. The summed E-state index contributed by atoms with van der Waals surface area (Å²) in [7, 11) is 0. The number of Topliss-reactive ketones (excluding diaryl/α,β-unsaturated/α-hetero) is 1. The van der Waals surface area contributed by atoms with Gasteiger partial charge in [-0.15, -0.1) is 0 Å². The van der Waals surface area contributed by atoms with Crippen LogP contribution in [0.25, 0.3) is 0 Å². The summed E-state index contributed by atoms with van der Waals surface area (Å²) in [4.78, 5) is 22.8. The normalized spacial score (nSPS) is 15.3. The highest BCUT2D eigenvalue weighted by Crippen LogP contribution is 2.50. The first-order valence-corrected chi connectivity index (χ1v) is 11.6. The van der Waals surface area contributed by atoms with E-state index in [4.69, 9.17) is 0 Å². The topological polar surface area (TPSA) is 54.4 Å². The highest BCUT2D eigenvalue weighted by atomic mass is 16.4. The average molecular weight is 401 g/mol. The molecule has 3 nitrogen and oxygen atoms in total. The molecule has 1 fully saturated rings. The van der Waals surface area contributed by atoms with Gasteiger partial charge in [0.1, 0.15) is 5.78 Å². The average Bonchev–Trinajstić information content (AvgIpc) is 3.46. The molecule has 29 heavy (non-hydrogen) atoms. The van der Waals surface area contributed by atoms with Gasteiger partial charge in [-0.3, -0.25) is 9.59 Å². The fraction of sp³-hybridized carbons (Fsp3) is 0.692. The Kier molecular flexibility index (Phi) is 8.92. The molecule has 0 heterocycles. The molecule has 0 atom stereocenters. The molecule has 0 unspecified atom stereocenters. The summed E-state index contributed by atoms with van der Waals surface area (Å²) in [6.45, 7) is 5.81. The molecule has 0 spiro atoms. The summed E-state index contributed by atoms with van der Waals surface area (Å²) < 4.78 is 0. The van der Waals surface area contributed by atoms with Crippen LogP contribution in [0.15, 0.2) is 24.3 Å². The third kappa shape index (κ3) is 7.60. The summed E-state index contributed by atoms with van der Waals surface area (Å²) in [6, 6.07) is 8.78. The van der Waals surface area contributed by atoms with Gasteiger partial charge in [0.15, 0.2) is 0 Å². The Labute approximate surface area is 177 Å². The van der Waals surface area contributed by atoms with E-state index in [1.165, 1.54) is 30.4 Å². The van der Waals surface area contributed by atoms with Gasteiger partial charge in [0, 0.05) is 5.41 Å². The lowest BCUT2D eigenvalue weighted by Gasteiger charge is -2.20. The van der Waals surface area contributed by atoms with Crippen molar-refractivity contribution in [1.29, 1.82) is 0 Å². The van der Waals surface area contributed by atoms with Crippen molar-refractivity contribution in [2.24, 2.45) is 10.8 Å². The van der Waals surface area contributed by atoms with E-state index in [-0.39, 0.29) is 10.8 Å². The van der Waals surface area contributed by atoms with Crippen molar-refractivity contribution in [1.82, 2.24) is 0 Å². The van der Waals surface area contributed by atoms with Crippen molar-refractivity contribution >= 4 is 11.8 Å². The first kappa shape index (κ1) is 23.6. The number of carbonyl (C=O) groups excluding carboxylic acids is 1. The van der Waals surface area contributed by atoms with Crippen LogP contribution in [0, 0.1) is 10.8 Å². The largest absolute Gasteiger partial charge is 0.481 e. The Hall–Kier alpha value is -1.64. The number of rotatable bonds is 15. The second kappa shape index (κ2) is 10.9. The molecule has 0 bridgehead atoms. The van der Waals surface area contributed by atoms with Crippen molar-refractivity contribution in [3.63, 3.8) is 0 Å². The number of carboxylic acids is 1. The Morgan fingerprint density at radius 1 is 0.897 bits per heavy atom. The molecular formula is C26H40O3. The Bertz CT molecular complexity index is 670. The summed E-state index contributed by atoms with van der Waals surface area (Å²) >= 11 is 0. The number of benzene rings is 1. The van der Waals surface area contributed by atoms with Crippen LogP contribution in [0.3, 0.4) is 0 Å². The zero-order valence-electron chi connectivity index (χ0n) is 18.8. The third-order valence-corrected chi connectivity index (χ3v) is 6.98. The third-order valence-electron chi connectivity index (χ3n) is 6.98. The fourth-order valence-corrected chi connectivity index (χ4v) is 4.13. The zero-order chi connectivity index (χ0) is 21.3. The van der Waals surface area contributed by atoms with Gasteiger partial charge < -0.3 is 5.11 Å². The zero-order valence-corrected chi connectivity index (χ0v) is 18.8. The predicted molar refractivity (Wildman–Crippen MR) is 119 cm³/mol. The SMILES string of the molecule is CC(=O)C(C)(C)CCCCCCc1ccccc1CCCCCC1(C(=O)O)CC1. The van der Waals surface area contributed by atoms with Gasteiger partial charge in [-0.05, 0) is 69.4 Å². The quantitative estimate of drug-likeness (QED) is 0.331. The van der Waals surface area contributed by atoms with Crippen LogP contribution in [0.5, 0.6) is 0 Å². The Balaban J connectivity index is 1.63. The van der Waals surface area contributed by atoms with E-state index >= 15 is 0 Å². The van der Waals surface area contributed by atoms with Crippen molar-refractivity contribution in [2.45, 2.75) is 104 Å². The molecule has 0 aromatic heterocycles. The summed E-state index contributed by atoms with van der Waals surface area (Å²) in [6.07, 6.45) is 13.9. The summed E-state index contributed by atoms with van der Waals surface area (Å²) in [5.41, 5.74) is 2.40. The van der Waals surface area contributed by atoms with E-state index in [0.29, 0.717) is 5.78 Å². The van der Waals surface area contributed by atoms with Crippen molar-refractivity contribution in [3.05, 3.63) is 35.4 Å². The minimum atomic E-state index is -0.590. The first-order valence-electron chi connectivity index (χ1n) is 11.6. The second-order valence-corrected chi connectivity index (χ2v) is 9.77. The summed E-state index contributed by atoms with van der Waals surface area (Å²) in [5, 5.41) is 9.26. The molecule has 1 aliphatic carbocycles. The molecule has 0 saturated heterocycles. The van der Waals surface area contributed by atoms with Crippen LogP contribution in [0.2, 0.25) is 0 Å². The molecule has 0 aliphatic heterocycles. The van der Waals surface area contributed by atoms with Crippen LogP contribution in [0.1, 0.15) is 103 Å². The maximum Gasteiger partial charge on any atom is 0.309 e. The molecule has 1 N–H and O–H groups in total. The number of unbranched alkanes of at least 4 members (excludes halogenated alkanes) is 5. The molecule has 1 aromatic carbocycles. The molecule has 1 aromatic rings. The van der Waals surface area contributed by atoms with Gasteiger partial charge in [0.25, 0.3) is 0 Å². The molecular weight excluding hydrogens is 360 g/mol. The lowest BCUT2D eigenvalue weighted by Crippen LogP contribution is -2.20. The summed E-state index contributed by atoms with van der Waals surface area (Å²) in [5.74, 6) is -0.297. The standard InChI is InChI=1S/C26H40O3/c1-21(27)25(2,3)17-11-5-4-7-13-22-15-9-10-16-23(22)14-8-6-12-18-26(19-20-26)24(28)29/h9-10,15-16H,4-8,11-14,17-20H2,1-3H3,(H,28,29). The lowest BCUT2D eigenvalue weighted by molar-refractivity contribution is -0.143. The van der Waals surface area contributed by atoms with Crippen LogP contribution < -0.4 is 0 Å². The predicted octanol–water partition coefficient (Wildman–Crippen LogP) is 6.76. The number of hydrogen-bond donors (Lipinski definition) is 1. The van der Waals surface area contributed by atoms with Crippen LogP contribution in [0.4, 0.5) is 0 Å². The minimum absolute atomic E-state index is 0.170. The van der Waals surface area contributed by atoms with Crippen molar-refractivity contribution in [3.8, 4) is 0 Å². The number of carboxylic acid groups (broad SMARTS) is 1. The van der Waals surface area contributed by atoms with Gasteiger partial charge in [-0.1, -0.05) is 70.2 Å². The first-order chi connectivity index (χ1) is 13.8. The smallest absolute Gasteiger partial charge is 0.309 e. The molecule has 2 rings (SSSR count). The fourth-order valence-electron chi connectivity index (χ4n) is 4.13. The molecule has 162 valence electrons. The maximum absolute atomic E-state index is 11.6. The number of ketones is 1. The number of hydrogen-bond acceptors (Lipinski definition) is 2.